The first-order chi connectivity index (χ1) is 18.7. The highest BCUT2D eigenvalue weighted by Crippen LogP contribution is 2.34. The first-order valence-corrected chi connectivity index (χ1v) is 12.5. The van der Waals surface area contributed by atoms with Crippen LogP contribution in [0.3, 0.4) is 0 Å². The fraction of sp³-hybridized carbons (Fsp3) is 0.259. The Bertz CT molecular complexity index is 1350. The number of rotatable bonds is 12. The molecule has 0 radical (unpaired) electrons. The van der Waals surface area contributed by atoms with Crippen LogP contribution in [0.2, 0.25) is 5.02 Å². The summed E-state index contributed by atoms with van der Waals surface area (Å²) >= 11 is 6.36. The van der Waals surface area contributed by atoms with Crippen molar-refractivity contribution < 1.29 is 14.7 Å². The molecule has 39 heavy (non-hydrogen) atoms. The molecule has 0 spiro atoms. The van der Waals surface area contributed by atoms with Crippen molar-refractivity contribution in [1.29, 1.82) is 0 Å². The summed E-state index contributed by atoms with van der Waals surface area (Å²) < 4.78 is 0. The standard InChI is InChI=1S/C27H33ClN8O3/c1-6-24(38)31-22-14-21(17(16-37)13-23(22)36(5)12-11-35(3)4)33-27-30-15-19(28)25(34-27)32-20-10-8-7-9-18(20)26(39)29-2/h6-10,13-15,37H,1,11-12,16H2,2-5H3,(H,29,39)(H,31,38)(H2,30,32,33,34). The molecule has 11 nitrogen and oxygen atoms in total. The van der Waals surface area contributed by atoms with Crippen molar-refractivity contribution in [2.24, 2.45) is 0 Å². The van der Waals surface area contributed by atoms with Crippen LogP contribution in [0.5, 0.6) is 0 Å². The smallest absolute Gasteiger partial charge is 0.253 e. The Labute approximate surface area is 232 Å². The Hall–Kier alpha value is -4.19. The summed E-state index contributed by atoms with van der Waals surface area (Å²) in [5, 5.41) is 22.0. The monoisotopic (exact) mass is 552 g/mol. The minimum atomic E-state index is -0.371. The molecule has 1 aromatic heterocycles. The molecule has 1 heterocycles. The van der Waals surface area contributed by atoms with Crippen LogP contribution >= 0.6 is 11.6 Å². The number of carbonyl (C=O) groups excluding carboxylic acids is 2. The topological polar surface area (TPSA) is 135 Å². The molecule has 0 fully saturated rings. The van der Waals surface area contributed by atoms with E-state index in [-0.39, 0.29) is 35.2 Å². The third-order valence-corrected chi connectivity index (χ3v) is 6.05. The highest BCUT2D eigenvalue weighted by atomic mass is 35.5. The van der Waals surface area contributed by atoms with Crippen LogP contribution in [-0.4, -0.2) is 73.1 Å². The summed E-state index contributed by atoms with van der Waals surface area (Å²) in [5.74, 6) is -0.178. The van der Waals surface area contributed by atoms with Crippen LogP contribution in [0.1, 0.15) is 15.9 Å². The molecule has 0 atom stereocenters. The highest BCUT2D eigenvalue weighted by molar-refractivity contribution is 6.33. The molecule has 0 aliphatic carbocycles. The van der Waals surface area contributed by atoms with Gasteiger partial charge in [0, 0.05) is 38.4 Å². The van der Waals surface area contributed by atoms with Crippen molar-refractivity contribution in [1.82, 2.24) is 20.2 Å². The van der Waals surface area contributed by atoms with Gasteiger partial charge in [-0.15, -0.1) is 0 Å². The van der Waals surface area contributed by atoms with Crippen molar-refractivity contribution in [3.05, 3.63) is 71.4 Å². The predicted molar refractivity (Wildman–Crippen MR) is 156 cm³/mol. The lowest BCUT2D eigenvalue weighted by Gasteiger charge is -2.26. The third kappa shape index (κ3) is 7.66. The molecule has 0 aliphatic rings. The van der Waals surface area contributed by atoms with Gasteiger partial charge in [0.1, 0.15) is 5.02 Å². The number of aromatic nitrogens is 2. The van der Waals surface area contributed by atoms with Gasteiger partial charge in [-0.25, -0.2) is 4.98 Å². The molecule has 3 rings (SSSR count). The van der Waals surface area contributed by atoms with Crippen molar-refractivity contribution >= 4 is 57.9 Å². The summed E-state index contributed by atoms with van der Waals surface area (Å²) in [5.41, 5.74) is 3.24. The van der Waals surface area contributed by atoms with Gasteiger partial charge in [0.15, 0.2) is 5.82 Å². The average Bonchev–Trinajstić information content (AvgIpc) is 2.93. The molecule has 0 unspecified atom stereocenters. The van der Waals surface area contributed by atoms with Gasteiger partial charge in [0.05, 0.1) is 35.4 Å². The van der Waals surface area contributed by atoms with Gasteiger partial charge in [-0.05, 0) is 44.4 Å². The molecule has 5 N–H and O–H groups in total. The molecular formula is C27H33ClN8O3. The molecule has 0 saturated heterocycles. The van der Waals surface area contributed by atoms with Gasteiger partial charge in [-0.2, -0.15) is 4.98 Å². The molecular weight excluding hydrogens is 520 g/mol. The lowest BCUT2D eigenvalue weighted by atomic mass is 10.1. The zero-order chi connectivity index (χ0) is 28.5. The third-order valence-electron chi connectivity index (χ3n) is 5.77. The number of anilines is 6. The maximum atomic E-state index is 12.3. The molecule has 12 heteroatoms. The van der Waals surface area contributed by atoms with Crippen molar-refractivity contribution in [2.75, 3.05) is 62.1 Å². The van der Waals surface area contributed by atoms with E-state index in [1.807, 2.05) is 26.0 Å². The summed E-state index contributed by atoms with van der Waals surface area (Å²) in [7, 11) is 7.42. The number of hydrogen-bond donors (Lipinski definition) is 5. The van der Waals surface area contributed by atoms with Crippen molar-refractivity contribution in [3.63, 3.8) is 0 Å². The summed E-state index contributed by atoms with van der Waals surface area (Å²) in [4.78, 5) is 37.3. The average molecular weight is 553 g/mol. The van der Waals surface area contributed by atoms with E-state index >= 15 is 0 Å². The second kappa shape index (κ2) is 13.6. The second-order valence-corrected chi connectivity index (χ2v) is 9.27. The molecule has 0 aliphatic heterocycles. The van der Waals surface area contributed by atoms with E-state index in [1.54, 1.807) is 43.4 Å². The van der Waals surface area contributed by atoms with Gasteiger partial charge >= 0.3 is 0 Å². The second-order valence-electron chi connectivity index (χ2n) is 8.87. The fourth-order valence-corrected chi connectivity index (χ4v) is 3.77. The van der Waals surface area contributed by atoms with Gasteiger partial charge in [-0.1, -0.05) is 30.3 Å². The minimum Gasteiger partial charge on any atom is -0.392 e. The SMILES string of the molecule is C=CC(=O)Nc1cc(Nc2ncc(Cl)c(Nc3ccccc3C(=O)NC)n2)c(CO)cc1N(C)CCN(C)C. The van der Waals surface area contributed by atoms with E-state index in [9.17, 15) is 14.7 Å². The quantitative estimate of drug-likeness (QED) is 0.214. The normalized spacial score (nSPS) is 10.6. The van der Waals surface area contributed by atoms with Crippen LogP contribution in [0, 0.1) is 0 Å². The zero-order valence-corrected chi connectivity index (χ0v) is 23.1. The van der Waals surface area contributed by atoms with E-state index < -0.39 is 0 Å². The maximum absolute atomic E-state index is 12.3. The summed E-state index contributed by atoms with van der Waals surface area (Å²) in [6.07, 6.45) is 2.61. The number of amides is 2. The first-order valence-electron chi connectivity index (χ1n) is 12.1. The van der Waals surface area contributed by atoms with Crippen LogP contribution in [-0.2, 0) is 11.4 Å². The number of halogens is 1. The van der Waals surface area contributed by atoms with Crippen LogP contribution in [0.4, 0.5) is 34.5 Å². The van der Waals surface area contributed by atoms with Crippen LogP contribution in [0.25, 0.3) is 0 Å². The predicted octanol–water partition coefficient (Wildman–Crippen LogP) is 3.59. The Morgan fingerprint density at radius 3 is 2.49 bits per heavy atom. The summed E-state index contributed by atoms with van der Waals surface area (Å²) in [6.45, 7) is 4.74. The molecule has 3 aromatic rings. The summed E-state index contributed by atoms with van der Waals surface area (Å²) in [6, 6.07) is 10.5. The number of likely N-dealkylation sites (N-methyl/N-ethyl adjacent to an activating group) is 2. The van der Waals surface area contributed by atoms with E-state index in [0.717, 1.165) is 12.2 Å². The van der Waals surface area contributed by atoms with Crippen LogP contribution < -0.4 is 26.2 Å². The zero-order valence-electron chi connectivity index (χ0n) is 22.4. The molecule has 0 saturated carbocycles. The van der Waals surface area contributed by atoms with Gasteiger partial charge in [0.2, 0.25) is 11.9 Å². The number of carbonyl (C=O) groups is 2. The minimum absolute atomic E-state index is 0.184. The maximum Gasteiger partial charge on any atom is 0.253 e. The molecule has 0 bridgehead atoms. The van der Waals surface area contributed by atoms with Gasteiger partial charge < -0.3 is 36.2 Å². The number of benzene rings is 2. The number of nitrogens with zero attached hydrogens (tertiary/aromatic N) is 4. The van der Waals surface area contributed by atoms with Crippen molar-refractivity contribution in [2.45, 2.75) is 6.61 Å². The Morgan fingerprint density at radius 2 is 1.82 bits per heavy atom. The van der Waals surface area contributed by atoms with E-state index in [4.69, 9.17) is 11.6 Å². The van der Waals surface area contributed by atoms with Gasteiger partial charge in [0.25, 0.3) is 5.91 Å². The number of hydrogen-bond acceptors (Lipinski definition) is 9. The van der Waals surface area contributed by atoms with Gasteiger partial charge in [-0.3, -0.25) is 9.59 Å². The Balaban J connectivity index is 1.97. The fourth-order valence-electron chi connectivity index (χ4n) is 3.64. The Morgan fingerprint density at radius 1 is 1.08 bits per heavy atom. The van der Waals surface area contributed by atoms with E-state index in [1.165, 1.54) is 12.3 Å². The molecule has 206 valence electrons. The lowest BCUT2D eigenvalue weighted by molar-refractivity contribution is -0.111. The van der Waals surface area contributed by atoms with E-state index in [2.05, 4.69) is 42.7 Å². The van der Waals surface area contributed by atoms with E-state index in [0.29, 0.717) is 34.7 Å². The Kier molecular flexibility index (Phi) is 10.2. The largest absolute Gasteiger partial charge is 0.392 e. The highest BCUT2D eigenvalue weighted by Gasteiger charge is 2.17. The number of nitrogens with one attached hydrogen (secondary N) is 4. The number of aliphatic hydroxyl groups is 1. The lowest BCUT2D eigenvalue weighted by Crippen LogP contribution is -2.29. The number of para-hydroxylation sites is 1. The molecule has 2 aromatic carbocycles. The molecule has 2 amide bonds. The first kappa shape index (κ1) is 29.4. The van der Waals surface area contributed by atoms with Crippen molar-refractivity contribution in [3.8, 4) is 0 Å². The number of aliphatic hydroxyl groups excluding tert-OH is 1. The van der Waals surface area contributed by atoms with Crippen LogP contribution in [0.15, 0.2) is 55.3 Å².